The molecule has 2 aromatic carbocycles. The van der Waals surface area contributed by atoms with Crippen LogP contribution in [0.25, 0.3) is 0 Å². The number of amides is 1. The van der Waals surface area contributed by atoms with Crippen LogP contribution in [0, 0.1) is 5.92 Å². The summed E-state index contributed by atoms with van der Waals surface area (Å²) in [5, 5.41) is 3.18. The Hall–Kier alpha value is -2.58. The summed E-state index contributed by atoms with van der Waals surface area (Å²) in [6, 6.07) is 10.4. The molecule has 0 radical (unpaired) electrons. The van der Waals surface area contributed by atoms with Gasteiger partial charge in [-0.25, -0.2) is 8.42 Å². The lowest BCUT2D eigenvalue weighted by molar-refractivity contribution is -0.123. The van der Waals surface area contributed by atoms with Gasteiger partial charge in [0.15, 0.2) is 0 Å². The molecular weight excluding hydrogens is 450 g/mol. The van der Waals surface area contributed by atoms with Crippen molar-refractivity contribution >= 4 is 27.3 Å². The van der Waals surface area contributed by atoms with Crippen molar-refractivity contribution in [2.45, 2.75) is 55.3 Å². The minimum atomic E-state index is -3.88. The number of piperidine rings is 1. The SMILES string of the molecule is COc1ccccc1S(=O)(=O)Nc1cc(C(C)C2CCCN(C)C2)c2c(c1)C1(CCC1)C(=O)N2. The van der Waals surface area contributed by atoms with Gasteiger partial charge in [-0.3, -0.25) is 9.52 Å². The number of fused-ring (bicyclic) bond motifs is 2. The van der Waals surface area contributed by atoms with Gasteiger partial charge in [0.1, 0.15) is 10.6 Å². The Kier molecular flexibility index (Phi) is 5.84. The van der Waals surface area contributed by atoms with Crippen LogP contribution in [0.3, 0.4) is 0 Å². The van der Waals surface area contributed by atoms with Crippen molar-refractivity contribution in [1.82, 2.24) is 4.90 Å². The fourth-order valence-electron chi connectivity index (χ4n) is 5.90. The zero-order valence-corrected chi connectivity index (χ0v) is 20.9. The molecule has 2 aromatic rings. The zero-order valence-electron chi connectivity index (χ0n) is 20.1. The van der Waals surface area contributed by atoms with Crippen LogP contribution in [-0.2, 0) is 20.2 Å². The number of ether oxygens (including phenoxy) is 1. The zero-order chi connectivity index (χ0) is 24.1. The molecule has 34 heavy (non-hydrogen) atoms. The highest BCUT2D eigenvalue weighted by Gasteiger charge is 2.52. The van der Waals surface area contributed by atoms with Crippen LogP contribution in [-0.4, -0.2) is 46.5 Å². The standard InChI is InChI=1S/C26H33N3O4S/c1-17(18-8-6-13-29(2)16-18)20-14-19(15-21-24(20)27-25(30)26(21)11-7-12-26)28-34(31,32)23-10-5-4-9-22(23)33-3/h4-5,9-10,14-15,17-18,28H,6-8,11-13,16H2,1-3H3,(H,27,30). The number of nitrogens with zero attached hydrogens (tertiary/aromatic N) is 1. The van der Waals surface area contributed by atoms with Gasteiger partial charge in [0.2, 0.25) is 5.91 Å². The smallest absolute Gasteiger partial charge is 0.265 e. The lowest BCUT2D eigenvalue weighted by atomic mass is 9.64. The molecule has 2 atom stereocenters. The summed E-state index contributed by atoms with van der Waals surface area (Å²) in [7, 11) is -0.272. The molecule has 1 aliphatic carbocycles. The van der Waals surface area contributed by atoms with E-state index in [1.165, 1.54) is 13.2 Å². The molecule has 2 aliphatic heterocycles. The van der Waals surface area contributed by atoms with E-state index in [1.54, 1.807) is 18.2 Å². The summed E-state index contributed by atoms with van der Waals surface area (Å²) in [4.78, 5) is 15.5. The molecule has 7 nitrogen and oxygen atoms in total. The van der Waals surface area contributed by atoms with E-state index in [0.717, 1.165) is 62.0 Å². The van der Waals surface area contributed by atoms with E-state index < -0.39 is 15.4 Å². The highest BCUT2D eigenvalue weighted by molar-refractivity contribution is 7.92. The number of hydrogen-bond donors (Lipinski definition) is 2. The van der Waals surface area contributed by atoms with E-state index in [1.807, 2.05) is 12.1 Å². The van der Waals surface area contributed by atoms with Gasteiger partial charge in [-0.2, -0.15) is 0 Å². The van der Waals surface area contributed by atoms with Crippen LogP contribution < -0.4 is 14.8 Å². The molecular formula is C26H33N3O4S. The normalized spacial score (nSPS) is 22.6. The molecule has 2 unspecified atom stereocenters. The van der Waals surface area contributed by atoms with Gasteiger partial charge >= 0.3 is 0 Å². The number of carbonyl (C=O) groups is 1. The first-order valence-corrected chi connectivity index (χ1v) is 13.6. The Morgan fingerprint density at radius 1 is 1.21 bits per heavy atom. The monoisotopic (exact) mass is 483 g/mol. The van der Waals surface area contributed by atoms with Crippen molar-refractivity contribution in [3.05, 3.63) is 47.5 Å². The van der Waals surface area contributed by atoms with Crippen LogP contribution in [0.5, 0.6) is 5.75 Å². The first kappa shape index (κ1) is 23.2. The molecule has 1 spiro atoms. The highest BCUT2D eigenvalue weighted by Crippen LogP contribution is 2.54. The van der Waals surface area contributed by atoms with Crippen LogP contribution >= 0.6 is 0 Å². The number of carbonyl (C=O) groups excluding carboxylic acids is 1. The maximum atomic E-state index is 13.3. The largest absolute Gasteiger partial charge is 0.495 e. The fourth-order valence-corrected chi connectivity index (χ4v) is 7.11. The predicted molar refractivity (Wildman–Crippen MR) is 133 cm³/mol. The average Bonchev–Trinajstić information content (AvgIpc) is 3.09. The van der Waals surface area contributed by atoms with E-state index in [2.05, 4.69) is 28.9 Å². The summed E-state index contributed by atoms with van der Waals surface area (Å²) in [5.74, 6) is 0.969. The van der Waals surface area contributed by atoms with E-state index in [9.17, 15) is 13.2 Å². The molecule has 2 N–H and O–H groups in total. The predicted octanol–water partition coefficient (Wildman–Crippen LogP) is 4.32. The van der Waals surface area contributed by atoms with Gasteiger partial charge < -0.3 is 15.0 Å². The van der Waals surface area contributed by atoms with E-state index in [4.69, 9.17) is 4.74 Å². The molecule has 0 bridgehead atoms. The maximum absolute atomic E-state index is 13.3. The second-order valence-corrected chi connectivity index (χ2v) is 11.7. The maximum Gasteiger partial charge on any atom is 0.265 e. The van der Waals surface area contributed by atoms with Crippen molar-refractivity contribution in [2.75, 3.05) is 37.3 Å². The second-order valence-electron chi connectivity index (χ2n) is 10.1. The van der Waals surface area contributed by atoms with Crippen LogP contribution in [0.1, 0.15) is 56.1 Å². The molecule has 2 heterocycles. The lowest BCUT2D eigenvalue weighted by Gasteiger charge is -2.37. The van der Waals surface area contributed by atoms with Gasteiger partial charge in [0.25, 0.3) is 10.0 Å². The number of rotatable bonds is 6. The van der Waals surface area contributed by atoms with Crippen molar-refractivity contribution in [3.63, 3.8) is 0 Å². The third kappa shape index (κ3) is 3.77. The number of methoxy groups -OCH3 is 1. The average molecular weight is 484 g/mol. The highest BCUT2D eigenvalue weighted by atomic mass is 32.2. The molecule has 5 rings (SSSR count). The summed E-state index contributed by atoms with van der Waals surface area (Å²) in [5.41, 5.74) is 2.82. The van der Waals surface area contributed by atoms with E-state index in [-0.39, 0.29) is 16.7 Å². The molecule has 2 fully saturated rings. The molecule has 182 valence electrons. The van der Waals surface area contributed by atoms with Gasteiger partial charge in [0, 0.05) is 17.9 Å². The number of anilines is 2. The third-order valence-electron chi connectivity index (χ3n) is 8.03. The second kappa shape index (κ2) is 8.57. The minimum Gasteiger partial charge on any atom is -0.495 e. The molecule has 8 heteroatoms. The number of likely N-dealkylation sites (tertiary alicyclic amines) is 1. The number of hydrogen-bond acceptors (Lipinski definition) is 5. The van der Waals surface area contributed by atoms with Crippen molar-refractivity contribution in [2.24, 2.45) is 5.92 Å². The van der Waals surface area contributed by atoms with E-state index in [0.29, 0.717) is 17.4 Å². The quantitative estimate of drug-likeness (QED) is 0.639. The van der Waals surface area contributed by atoms with Crippen molar-refractivity contribution < 1.29 is 17.9 Å². The Bertz CT molecular complexity index is 1220. The lowest BCUT2D eigenvalue weighted by Crippen LogP contribution is -2.40. The molecule has 0 aromatic heterocycles. The van der Waals surface area contributed by atoms with Crippen LogP contribution in [0.15, 0.2) is 41.3 Å². The molecule has 1 amide bonds. The summed E-state index contributed by atoms with van der Waals surface area (Å²) >= 11 is 0. The summed E-state index contributed by atoms with van der Waals surface area (Å²) < 4.78 is 34.8. The first-order chi connectivity index (χ1) is 16.2. The van der Waals surface area contributed by atoms with Crippen molar-refractivity contribution in [3.8, 4) is 5.75 Å². The van der Waals surface area contributed by atoms with Crippen LogP contribution in [0.4, 0.5) is 11.4 Å². The Balaban J connectivity index is 1.57. The molecule has 1 saturated heterocycles. The number of sulfonamides is 1. The summed E-state index contributed by atoms with van der Waals surface area (Å²) in [6.45, 7) is 4.29. The number of nitrogens with one attached hydrogen (secondary N) is 2. The molecule has 1 saturated carbocycles. The minimum absolute atomic E-state index is 0.0488. The van der Waals surface area contributed by atoms with Crippen molar-refractivity contribution in [1.29, 1.82) is 0 Å². The van der Waals surface area contributed by atoms with Gasteiger partial charge in [-0.1, -0.05) is 25.5 Å². The Morgan fingerprint density at radius 2 is 1.97 bits per heavy atom. The first-order valence-electron chi connectivity index (χ1n) is 12.1. The van der Waals surface area contributed by atoms with Gasteiger partial charge in [-0.05, 0) is 86.5 Å². The van der Waals surface area contributed by atoms with E-state index >= 15 is 0 Å². The number of benzene rings is 2. The third-order valence-corrected chi connectivity index (χ3v) is 9.45. The Labute approximate surface area is 201 Å². The number of para-hydroxylation sites is 1. The molecule has 3 aliphatic rings. The summed E-state index contributed by atoms with van der Waals surface area (Å²) in [6.07, 6.45) is 4.87. The van der Waals surface area contributed by atoms with Gasteiger partial charge in [-0.15, -0.1) is 0 Å². The Morgan fingerprint density at radius 3 is 2.65 bits per heavy atom. The topological polar surface area (TPSA) is 87.7 Å². The fraction of sp³-hybridized carbons (Fsp3) is 0.500. The van der Waals surface area contributed by atoms with Gasteiger partial charge in [0.05, 0.1) is 12.5 Å². The van der Waals surface area contributed by atoms with Crippen LogP contribution in [0.2, 0.25) is 0 Å².